The summed E-state index contributed by atoms with van der Waals surface area (Å²) in [7, 11) is 0. The van der Waals surface area contributed by atoms with E-state index in [-0.39, 0.29) is 0 Å². The van der Waals surface area contributed by atoms with Gasteiger partial charge in [-0.25, -0.2) is 0 Å². The molecule has 0 aliphatic carbocycles. The van der Waals surface area contributed by atoms with Crippen molar-refractivity contribution in [1.29, 1.82) is 0 Å². The molecule has 2 aromatic rings. The van der Waals surface area contributed by atoms with Crippen molar-refractivity contribution >= 4 is 0 Å². The highest BCUT2D eigenvalue weighted by Crippen LogP contribution is 2.08. The molecule has 4 heteroatoms. The SMILES string of the molecule is CCCCNCc1nnc(Cc2ccccc2)o1. The van der Waals surface area contributed by atoms with E-state index in [0.29, 0.717) is 24.7 Å². The molecule has 1 heterocycles. The normalized spacial score (nSPS) is 10.7. The lowest BCUT2D eigenvalue weighted by molar-refractivity contribution is 0.437. The number of hydrogen-bond donors (Lipinski definition) is 1. The molecule has 1 aromatic carbocycles. The van der Waals surface area contributed by atoms with E-state index < -0.39 is 0 Å². The molecule has 1 N–H and O–H groups in total. The lowest BCUT2D eigenvalue weighted by Crippen LogP contribution is -2.14. The molecule has 4 nitrogen and oxygen atoms in total. The van der Waals surface area contributed by atoms with E-state index in [0.717, 1.165) is 6.54 Å². The highest BCUT2D eigenvalue weighted by Gasteiger charge is 2.06. The van der Waals surface area contributed by atoms with E-state index in [1.165, 1.54) is 18.4 Å². The van der Waals surface area contributed by atoms with E-state index in [9.17, 15) is 0 Å². The van der Waals surface area contributed by atoms with Crippen LogP contribution in [0.5, 0.6) is 0 Å². The Kier molecular flexibility index (Phi) is 4.90. The van der Waals surface area contributed by atoms with Crippen molar-refractivity contribution in [2.75, 3.05) is 6.54 Å². The maximum Gasteiger partial charge on any atom is 0.230 e. The maximum absolute atomic E-state index is 5.58. The summed E-state index contributed by atoms with van der Waals surface area (Å²) >= 11 is 0. The summed E-state index contributed by atoms with van der Waals surface area (Å²) in [6.45, 7) is 3.82. The second-order valence-electron chi connectivity index (χ2n) is 4.28. The molecular formula is C14H19N3O. The molecule has 96 valence electrons. The van der Waals surface area contributed by atoms with Crippen LogP contribution in [0.25, 0.3) is 0 Å². The number of hydrogen-bond acceptors (Lipinski definition) is 4. The van der Waals surface area contributed by atoms with E-state index in [4.69, 9.17) is 4.42 Å². The first-order valence-electron chi connectivity index (χ1n) is 6.44. The largest absolute Gasteiger partial charge is 0.424 e. The molecule has 1 aromatic heterocycles. The zero-order valence-corrected chi connectivity index (χ0v) is 10.7. The van der Waals surface area contributed by atoms with Gasteiger partial charge in [-0.2, -0.15) is 0 Å². The summed E-state index contributed by atoms with van der Waals surface area (Å²) in [6.07, 6.45) is 3.06. The van der Waals surface area contributed by atoms with Crippen LogP contribution in [-0.4, -0.2) is 16.7 Å². The van der Waals surface area contributed by atoms with Gasteiger partial charge < -0.3 is 9.73 Å². The van der Waals surface area contributed by atoms with Crippen LogP contribution in [0.1, 0.15) is 37.1 Å². The molecule has 0 spiro atoms. The predicted octanol–water partition coefficient (Wildman–Crippen LogP) is 2.55. The third-order valence-electron chi connectivity index (χ3n) is 2.69. The molecule has 2 rings (SSSR count). The van der Waals surface area contributed by atoms with E-state index in [1.807, 2.05) is 18.2 Å². The molecule has 0 atom stereocenters. The summed E-state index contributed by atoms with van der Waals surface area (Å²) in [4.78, 5) is 0. The van der Waals surface area contributed by atoms with Crippen LogP contribution < -0.4 is 5.32 Å². The smallest absolute Gasteiger partial charge is 0.230 e. The first-order chi connectivity index (χ1) is 8.88. The molecule has 0 aliphatic rings. The van der Waals surface area contributed by atoms with Crippen LogP contribution in [0.2, 0.25) is 0 Å². The molecule has 0 radical (unpaired) electrons. The standard InChI is InChI=1S/C14H19N3O/c1-2-3-9-15-11-14-17-16-13(18-14)10-12-7-5-4-6-8-12/h4-8,15H,2-3,9-11H2,1H3. The van der Waals surface area contributed by atoms with Crippen molar-refractivity contribution in [3.05, 3.63) is 47.7 Å². The second kappa shape index (κ2) is 6.91. The fourth-order valence-electron chi connectivity index (χ4n) is 1.70. The van der Waals surface area contributed by atoms with Crippen molar-refractivity contribution in [2.24, 2.45) is 0 Å². The number of unbranched alkanes of at least 4 members (excludes halogenated alkanes) is 1. The van der Waals surface area contributed by atoms with Gasteiger partial charge in [0.25, 0.3) is 0 Å². The van der Waals surface area contributed by atoms with Gasteiger partial charge in [0, 0.05) is 0 Å². The van der Waals surface area contributed by atoms with Crippen molar-refractivity contribution in [2.45, 2.75) is 32.7 Å². The topological polar surface area (TPSA) is 51.0 Å². The molecule has 0 amide bonds. The zero-order chi connectivity index (χ0) is 12.6. The summed E-state index contributed by atoms with van der Waals surface area (Å²) < 4.78 is 5.58. The minimum Gasteiger partial charge on any atom is -0.424 e. The Labute approximate surface area is 107 Å². The van der Waals surface area contributed by atoms with Crippen LogP contribution in [0, 0.1) is 0 Å². The molecule has 0 saturated carbocycles. The van der Waals surface area contributed by atoms with Crippen LogP contribution in [0.4, 0.5) is 0 Å². The quantitative estimate of drug-likeness (QED) is 0.762. The molecule has 0 bridgehead atoms. The van der Waals surface area contributed by atoms with Gasteiger partial charge in [-0.1, -0.05) is 43.7 Å². The van der Waals surface area contributed by atoms with Gasteiger partial charge in [0.15, 0.2) is 0 Å². The van der Waals surface area contributed by atoms with Gasteiger partial charge in [0.1, 0.15) is 0 Å². The minimum atomic E-state index is 0.655. The monoisotopic (exact) mass is 245 g/mol. The first-order valence-corrected chi connectivity index (χ1v) is 6.44. The van der Waals surface area contributed by atoms with Gasteiger partial charge in [-0.3, -0.25) is 0 Å². The van der Waals surface area contributed by atoms with Crippen molar-refractivity contribution in [1.82, 2.24) is 15.5 Å². The van der Waals surface area contributed by atoms with Gasteiger partial charge in [0.05, 0.1) is 13.0 Å². The lowest BCUT2D eigenvalue weighted by atomic mass is 10.2. The van der Waals surface area contributed by atoms with Crippen LogP contribution in [0.15, 0.2) is 34.7 Å². The summed E-state index contributed by atoms with van der Waals surface area (Å²) in [5.74, 6) is 1.34. The Morgan fingerprint density at radius 1 is 1.11 bits per heavy atom. The fourth-order valence-corrected chi connectivity index (χ4v) is 1.70. The van der Waals surface area contributed by atoms with Gasteiger partial charge >= 0.3 is 0 Å². The summed E-state index contributed by atoms with van der Waals surface area (Å²) in [5.41, 5.74) is 1.19. The Morgan fingerprint density at radius 3 is 2.67 bits per heavy atom. The van der Waals surface area contributed by atoms with E-state index >= 15 is 0 Å². The van der Waals surface area contributed by atoms with Gasteiger partial charge in [-0.15, -0.1) is 10.2 Å². The Hall–Kier alpha value is -1.68. The van der Waals surface area contributed by atoms with E-state index in [1.54, 1.807) is 0 Å². The summed E-state index contributed by atoms with van der Waals surface area (Å²) in [6, 6.07) is 10.1. The van der Waals surface area contributed by atoms with E-state index in [2.05, 4.69) is 34.6 Å². The van der Waals surface area contributed by atoms with Crippen LogP contribution >= 0.6 is 0 Å². The van der Waals surface area contributed by atoms with Gasteiger partial charge in [0.2, 0.25) is 11.8 Å². The highest BCUT2D eigenvalue weighted by atomic mass is 16.4. The van der Waals surface area contributed by atoms with Crippen LogP contribution in [-0.2, 0) is 13.0 Å². The third kappa shape index (κ3) is 3.96. The highest BCUT2D eigenvalue weighted by molar-refractivity contribution is 5.17. The average molecular weight is 245 g/mol. The fraction of sp³-hybridized carbons (Fsp3) is 0.429. The second-order valence-corrected chi connectivity index (χ2v) is 4.28. The number of nitrogens with one attached hydrogen (secondary N) is 1. The van der Waals surface area contributed by atoms with Crippen molar-refractivity contribution in [3.8, 4) is 0 Å². The van der Waals surface area contributed by atoms with Gasteiger partial charge in [-0.05, 0) is 18.5 Å². The predicted molar refractivity (Wildman–Crippen MR) is 70.2 cm³/mol. The molecule has 0 aliphatic heterocycles. The number of benzene rings is 1. The molecule has 0 fully saturated rings. The van der Waals surface area contributed by atoms with Crippen LogP contribution in [0.3, 0.4) is 0 Å². The zero-order valence-electron chi connectivity index (χ0n) is 10.7. The third-order valence-corrected chi connectivity index (χ3v) is 2.69. The Morgan fingerprint density at radius 2 is 1.89 bits per heavy atom. The Bertz CT molecular complexity index is 453. The number of nitrogens with zero attached hydrogens (tertiary/aromatic N) is 2. The molecular weight excluding hydrogens is 226 g/mol. The minimum absolute atomic E-state index is 0.655. The maximum atomic E-state index is 5.58. The average Bonchev–Trinajstić information content (AvgIpc) is 2.84. The van der Waals surface area contributed by atoms with Crippen molar-refractivity contribution < 1.29 is 4.42 Å². The first kappa shape index (κ1) is 12.8. The number of rotatable bonds is 7. The molecule has 18 heavy (non-hydrogen) atoms. The Balaban J connectivity index is 1.83. The lowest BCUT2D eigenvalue weighted by Gasteiger charge is -1.98. The van der Waals surface area contributed by atoms with Crippen molar-refractivity contribution in [3.63, 3.8) is 0 Å². The molecule has 0 saturated heterocycles. The number of aromatic nitrogens is 2. The summed E-state index contributed by atoms with van der Waals surface area (Å²) in [5, 5.41) is 11.4. The molecule has 0 unspecified atom stereocenters.